The molecule has 2 bridgehead atoms. The van der Waals surface area contributed by atoms with Crippen LogP contribution < -0.4 is 9.46 Å². The minimum absolute atomic E-state index is 0.0540. The molecule has 51 heavy (non-hydrogen) atoms. The summed E-state index contributed by atoms with van der Waals surface area (Å²) in [6.07, 6.45) is 9.74. The number of carbonyl (C=O) groups is 2. The van der Waals surface area contributed by atoms with Crippen LogP contribution in [0.25, 0.3) is 22.2 Å². The van der Waals surface area contributed by atoms with Gasteiger partial charge in [0.05, 0.1) is 30.1 Å². The molecule has 2 amide bonds. The van der Waals surface area contributed by atoms with Crippen LogP contribution >= 0.6 is 0 Å². The van der Waals surface area contributed by atoms with Crippen molar-refractivity contribution in [1.82, 2.24) is 19.1 Å². The van der Waals surface area contributed by atoms with E-state index < -0.39 is 26.6 Å². The van der Waals surface area contributed by atoms with Crippen LogP contribution in [0.3, 0.4) is 0 Å². The first-order valence-electron chi connectivity index (χ1n) is 19.0. The Balaban J connectivity index is 1.27. The Bertz CT molecular complexity index is 1970. The van der Waals surface area contributed by atoms with Crippen LogP contribution in [0.2, 0.25) is 0 Å². The van der Waals surface area contributed by atoms with Gasteiger partial charge in [-0.2, -0.15) is 0 Å². The van der Waals surface area contributed by atoms with Crippen molar-refractivity contribution in [3.63, 3.8) is 0 Å². The van der Waals surface area contributed by atoms with E-state index in [0.29, 0.717) is 30.7 Å². The largest absolute Gasteiger partial charge is 0.497 e. The SMILES string of the molecule is COCCN1CC2CCCC1CN2C(=O)[C@]12C[C@H]1c1cc(OC)ccc1-c1c(C3CCCCC3)c3ccc(C(=O)NS(=O)(=O)C(C)C)cc3n1C2. The molecule has 5 fully saturated rings. The molecule has 0 spiro atoms. The molecule has 2 unspecified atom stereocenters. The Labute approximate surface area is 301 Å². The van der Waals surface area contributed by atoms with Crippen molar-refractivity contribution in [2.75, 3.05) is 40.5 Å². The minimum atomic E-state index is -3.81. The third kappa shape index (κ3) is 5.87. The van der Waals surface area contributed by atoms with Crippen molar-refractivity contribution in [2.45, 2.75) is 107 Å². The zero-order valence-corrected chi connectivity index (χ0v) is 31.3. The first-order valence-corrected chi connectivity index (χ1v) is 20.6. The second-order valence-electron chi connectivity index (χ2n) is 16.0. The summed E-state index contributed by atoms with van der Waals surface area (Å²) in [4.78, 5) is 33.5. The van der Waals surface area contributed by atoms with Crippen LogP contribution in [-0.4, -0.2) is 92.4 Å². The summed E-state index contributed by atoms with van der Waals surface area (Å²) in [7, 11) is -0.365. The summed E-state index contributed by atoms with van der Waals surface area (Å²) in [6, 6.07) is 12.5. The van der Waals surface area contributed by atoms with E-state index in [1.807, 2.05) is 18.2 Å². The van der Waals surface area contributed by atoms with Gasteiger partial charge in [-0.15, -0.1) is 0 Å². The molecule has 4 atom stereocenters. The number of hydrogen-bond acceptors (Lipinski definition) is 7. The molecule has 9 rings (SSSR count). The number of fused-ring (bicyclic) bond motifs is 11. The predicted molar refractivity (Wildman–Crippen MR) is 198 cm³/mol. The zero-order valence-electron chi connectivity index (χ0n) is 30.4. The van der Waals surface area contributed by atoms with E-state index in [1.165, 1.54) is 30.4 Å². The Morgan fingerprint density at radius 2 is 1.75 bits per heavy atom. The van der Waals surface area contributed by atoms with Crippen molar-refractivity contribution in [3.05, 3.63) is 53.1 Å². The molecule has 3 aromatic rings. The first kappa shape index (κ1) is 34.7. The van der Waals surface area contributed by atoms with Gasteiger partial charge in [-0.3, -0.25) is 14.5 Å². The molecular weight excluding hydrogens is 665 g/mol. The molecule has 5 heterocycles. The Hall–Kier alpha value is -3.41. The van der Waals surface area contributed by atoms with Crippen molar-refractivity contribution >= 4 is 32.7 Å². The van der Waals surface area contributed by atoms with E-state index in [2.05, 4.69) is 31.2 Å². The van der Waals surface area contributed by atoms with E-state index in [0.717, 1.165) is 86.1 Å². The van der Waals surface area contributed by atoms with Crippen LogP contribution in [0.1, 0.15) is 105 Å². The van der Waals surface area contributed by atoms with Gasteiger partial charge in [0.25, 0.3) is 5.91 Å². The molecule has 0 radical (unpaired) electrons. The molecule has 274 valence electrons. The highest BCUT2D eigenvalue weighted by atomic mass is 32.2. The van der Waals surface area contributed by atoms with Crippen molar-refractivity contribution < 1.29 is 27.5 Å². The van der Waals surface area contributed by atoms with Gasteiger partial charge in [0.2, 0.25) is 15.9 Å². The first-order chi connectivity index (χ1) is 24.6. The highest BCUT2D eigenvalue weighted by Crippen LogP contribution is 2.66. The molecule has 11 heteroatoms. The van der Waals surface area contributed by atoms with Gasteiger partial charge in [0.1, 0.15) is 5.75 Å². The highest BCUT2D eigenvalue weighted by Gasteiger charge is 2.65. The number of hydrogen-bond donors (Lipinski definition) is 1. The number of nitrogens with zero attached hydrogens (tertiary/aromatic N) is 3. The van der Waals surface area contributed by atoms with Gasteiger partial charge >= 0.3 is 0 Å². The number of nitrogens with one attached hydrogen (secondary N) is 1. The smallest absolute Gasteiger partial charge is 0.264 e. The average molecular weight is 717 g/mol. The number of aromatic nitrogens is 1. The molecule has 4 aliphatic heterocycles. The lowest BCUT2D eigenvalue weighted by molar-refractivity contribution is -0.144. The second-order valence-corrected chi connectivity index (χ2v) is 18.2. The van der Waals surface area contributed by atoms with Crippen molar-refractivity contribution in [3.8, 4) is 17.0 Å². The number of amides is 2. The van der Waals surface area contributed by atoms with Gasteiger partial charge in [0.15, 0.2) is 0 Å². The van der Waals surface area contributed by atoms with Crippen molar-refractivity contribution in [1.29, 1.82) is 0 Å². The van der Waals surface area contributed by atoms with Crippen LogP contribution in [0.4, 0.5) is 0 Å². The van der Waals surface area contributed by atoms with E-state index in [9.17, 15) is 13.2 Å². The number of rotatable bonds is 9. The van der Waals surface area contributed by atoms with E-state index in [-0.39, 0.29) is 17.9 Å². The van der Waals surface area contributed by atoms with Crippen LogP contribution in [0, 0.1) is 5.41 Å². The van der Waals surface area contributed by atoms with Gasteiger partial charge < -0.3 is 18.9 Å². The van der Waals surface area contributed by atoms with Gasteiger partial charge in [0, 0.05) is 73.3 Å². The molecule has 2 aromatic carbocycles. The van der Waals surface area contributed by atoms with Crippen molar-refractivity contribution in [2.24, 2.45) is 5.41 Å². The summed E-state index contributed by atoms with van der Waals surface area (Å²) in [6.45, 7) is 6.84. The molecule has 1 aromatic heterocycles. The number of methoxy groups -OCH3 is 2. The van der Waals surface area contributed by atoms with Crippen LogP contribution in [0.15, 0.2) is 36.4 Å². The maximum atomic E-state index is 15.3. The minimum Gasteiger partial charge on any atom is -0.497 e. The Kier molecular flexibility index (Phi) is 8.98. The molecule has 2 saturated carbocycles. The summed E-state index contributed by atoms with van der Waals surface area (Å²) >= 11 is 0. The Morgan fingerprint density at radius 1 is 0.961 bits per heavy atom. The maximum absolute atomic E-state index is 15.3. The summed E-state index contributed by atoms with van der Waals surface area (Å²) in [5.74, 6) is 0.814. The monoisotopic (exact) mass is 716 g/mol. The number of ether oxygens (including phenoxy) is 2. The lowest BCUT2D eigenvalue weighted by Gasteiger charge is -2.45. The predicted octanol–water partition coefficient (Wildman–Crippen LogP) is 6.03. The Morgan fingerprint density at radius 3 is 2.49 bits per heavy atom. The van der Waals surface area contributed by atoms with Gasteiger partial charge in [-0.1, -0.05) is 25.3 Å². The topological polar surface area (TPSA) is 110 Å². The lowest BCUT2D eigenvalue weighted by atomic mass is 9.81. The molecule has 3 saturated heterocycles. The number of benzene rings is 2. The van der Waals surface area contributed by atoms with Crippen LogP contribution in [0.5, 0.6) is 5.75 Å². The fraction of sp³-hybridized carbons (Fsp3) is 0.600. The van der Waals surface area contributed by atoms with E-state index in [1.54, 1.807) is 34.1 Å². The van der Waals surface area contributed by atoms with Gasteiger partial charge in [-0.25, -0.2) is 13.1 Å². The molecule has 6 aliphatic rings. The summed E-state index contributed by atoms with van der Waals surface area (Å²) in [5, 5.41) is 0.353. The number of piperazine rings is 1. The molecule has 1 N–H and O–H groups in total. The average Bonchev–Trinajstić information content (AvgIpc) is 3.88. The van der Waals surface area contributed by atoms with E-state index in [4.69, 9.17) is 9.47 Å². The molecule has 10 nitrogen and oxygen atoms in total. The van der Waals surface area contributed by atoms with Gasteiger partial charge in [-0.05, 0) is 99.7 Å². The number of sulfonamides is 1. The fourth-order valence-electron chi connectivity index (χ4n) is 9.87. The van der Waals surface area contributed by atoms with Crippen LogP contribution in [-0.2, 0) is 26.1 Å². The molecular formula is C40H52N4O6S. The summed E-state index contributed by atoms with van der Waals surface area (Å²) < 4.78 is 41.3. The standard InChI is InChI=1S/C40H52N4O6S/c1-25(2)51(47,48)41-38(45)27-13-15-32-35(19-27)44-24-40(39(46)43-23-28-11-8-12-29(43)22-42(28)17-18-49-3)21-34(40)33-20-30(50-4)14-16-31(33)37(44)36(32)26-9-6-5-7-10-26/h13-16,19-20,25-26,28-29,34H,5-12,17-18,21-24H2,1-4H3,(H,41,45)/t28?,29?,34-,40-/m0/s1. The third-order valence-corrected chi connectivity index (χ3v) is 14.5. The quantitative estimate of drug-likeness (QED) is 0.288. The highest BCUT2D eigenvalue weighted by molar-refractivity contribution is 7.90. The fourth-order valence-corrected chi connectivity index (χ4v) is 10.5. The van der Waals surface area contributed by atoms with E-state index >= 15 is 4.79 Å². The normalized spacial score (nSPS) is 26.3. The number of carbonyl (C=O) groups excluding carboxylic acids is 2. The lowest BCUT2D eigenvalue weighted by Crippen LogP contribution is -2.60. The zero-order chi connectivity index (χ0) is 35.7. The maximum Gasteiger partial charge on any atom is 0.264 e. The molecule has 2 aliphatic carbocycles. The summed E-state index contributed by atoms with van der Waals surface area (Å²) in [5.41, 5.74) is 5.32. The third-order valence-electron chi connectivity index (χ3n) is 12.8. The second kappa shape index (κ2) is 13.2.